The number of carbonyl (C=O) groups excluding carboxylic acids is 1. The van der Waals surface area contributed by atoms with E-state index in [0.717, 1.165) is 6.92 Å². The van der Waals surface area contributed by atoms with Crippen molar-refractivity contribution in [2.24, 2.45) is 0 Å². The normalized spacial score (nSPS) is 10.8. The number of aromatic nitrogens is 2. The number of anilines is 1. The molecular weight excluding hydrogens is 562 g/mol. The van der Waals surface area contributed by atoms with Crippen molar-refractivity contribution < 1.29 is 49.4 Å². The Hall–Kier alpha value is -1.04. The number of rotatable bonds is 7. The average molecular weight is 577 g/mol. The maximum atomic E-state index is 13.1. The number of nitrogens with zero attached hydrogens (tertiary/aromatic N) is 2. The standard InChI is InChI=1S/C15H15F2N3O2S.U/c1-3-4-9-22-11-7-5-10(6-8-11)12(21)18-14-20-19-13(23-14)15(2,16)17;/h4-8H,1,3,9H2,2H3,(H,18,20,21);/q-2;+2. The van der Waals surface area contributed by atoms with Crippen LogP contribution in [-0.2, 0) is 5.92 Å². The molecule has 0 unspecified atom stereocenters. The zero-order valence-electron chi connectivity index (χ0n) is 12.9. The Morgan fingerprint density at radius 2 is 2.04 bits per heavy atom. The molecule has 1 N–H and O–H groups in total. The van der Waals surface area contributed by atoms with Gasteiger partial charge in [0.05, 0.1) is 0 Å². The van der Waals surface area contributed by atoms with E-state index in [2.05, 4.69) is 22.4 Å². The third-order valence-electron chi connectivity index (χ3n) is 2.71. The fourth-order valence-electron chi connectivity index (χ4n) is 1.56. The van der Waals surface area contributed by atoms with Crippen LogP contribution in [0.4, 0.5) is 13.9 Å². The van der Waals surface area contributed by atoms with Crippen molar-refractivity contribution in [2.45, 2.75) is 19.3 Å². The van der Waals surface area contributed by atoms with Crippen LogP contribution in [-0.4, -0.2) is 22.7 Å². The Kier molecular flexibility index (Phi) is 8.27. The summed E-state index contributed by atoms with van der Waals surface area (Å²) in [6.45, 7) is 4.83. The van der Waals surface area contributed by atoms with Gasteiger partial charge in [0, 0.05) is 12.5 Å². The molecule has 9 heteroatoms. The first-order chi connectivity index (χ1) is 10.9. The first-order valence-electron chi connectivity index (χ1n) is 6.77. The summed E-state index contributed by atoms with van der Waals surface area (Å²) in [4.78, 5) is 12.0. The van der Waals surface area contributed by atoms with Gasteiger partial charge in [0.15, 0.2) is 5.01 Å². The summed E-state index contributed by atoms with van der Waals surface area (Å²) in [5, 5.41) is 8.92. The van der Waals surface area contributed by atoms with E-state index in [1.807, 2.05) is 6.42 Å². The number of alkyl halides is 2. The number of amides is 1. The minimum Gasteiger partial charge on any atom is -0.525 e. The molecule has 0 aliphatic heterocycles. The van der Waals surface area contributed by atoms with Gasteiger partial charge in [-0.15, -0.1) is 10.2 Å². The molecule has 0 fully saturated rings. The van der Waals surface area contributed by atoms with Crippen LogP contribution in [0.3, 0.4) is 0 Å². The van der Waals surface area contributed by atoms with Crippen molar-refractivity contribution in [3.05, 3.63) is 48.2 Å². The molecule has 1 aromatic carbocycles. The molecule has 126 valence electrons. The predicted octanol–water partition coefficient (Wildman–Crippen LogP) is 3.71. The number of ether oxygens (including phenoxy) is 1. The van der Waals surface area contributed by atoms with Gasteiger partial charge in [-0.3, -0.25) is 10.1 Å². The van der Waals surface area contributed by atoms with E-state index in [1.165, 1.54) is 0 Å². The minimum absolute atomic E-state index is 0. The molecule has 1 heterocycles. The fourth-order valence-corrected chi connectivity index (χ4v) is 2.23. The number of unbranched alkanes of at least 4 members (excludes halogenated alkanes) is 1. The summed E-state index contributed by atoms with van der Waals surface area (Å²) in [6.07, 6.45) is 2.54. The first kappa shape index (κ1) is 21.0. The van der Waals surface area contributed by atoms with Gasteiger partial charge in [-0.25, -0.2) is 0 Å². The second kappa shape index (κ2) is 9.45. The van der Waals surface area contributed by atoms with Gasteiger partial charge in [0.25, 0.3) is 11.8 Å². The number of benzene rings is 1. The molecule has 24 heavy (non-hydrogen) atoms. The molecule has 0 bridgehead atoms. The predicted molar refractivity (Wildman–Crippen MR) is 83.6 cm³/mol. The van der Waals surface area contributed by atoms with Crippen LogP contribution < -0.4 is 10.1 Å². The second-order valence-electron chi connectivity index (χ2n) is 4.67. The van der Waals surface area contributed by atoms with Crippen LogP contribution >= 0.6 is 11.3 Å². The molecule has 1 aromatic heterocycles. The molecule has 2 rings (SSSR count). The minimum atomic E-state index is -3.08. The molecule has 2 aromatic rings. The Morgan fingerprint density at radius 3 is 2.58 bits per heavy atom. The molecule has 0 saturated heterocycles. The van der Waals surface area contributed by atoms with Crippen molar-refractivity contribution in [2.75, 3.05) is 11.9 Å². The maximum Gasteiger partial charge on any atom is 2.00 e. The Morgan fingerprint density at radius 1 is 1.38 bits per heavy atom. The van der Waals surface area contributed by atoms with Gasteiger partial charge < -0.3 is 24.5 Å². The number of nitrogens with one attached hydrogen (secondary N) is 1. The smallest absolute Gasteiger partial charge is 0.525 e. The van der Waals surface area contributed by atoms with E-state index in [9.17, 15) is 13.6 Å². The summed E-state index contributed by atoms with van der Waals surface area (Å²) in [7, 11) is 0. The van der Waals surface area contributed by atoms with Crippen molar-refractivity contribution >= 4 is 22.4 Å². The Bertz CT molecular complexity index is 659. The average Bonchev–Trinajstić information content (AvgIpc) is 2.97. The monoisotopic (exact) mass is 577 g/mol. The number of carbonyl (C=O) groups is 1. The largest absolute Gasteiger partial charge is 2.00 e. The van der Waals surface area contributed by atoms with E-state index in [0.29, 0.717) is 35.7 Å². The van der Waals surface area contributed by atoms with E-state index in [4.69, 9.17) is 4.74 Å². The van der Waals surface area contributed by atoms with Crippen molar-refractivity contribution in [1.82, 2.24) is 10.2 Å². The van der Waals surface area contributed by atoms with Gasteiger partial charge >= 0.3 is 31.1 Å². The zero-order valence-corrected chi connectivity index (χ0v) is 17.9. The third kappa shape index (κ3) is 6.11. The van der Waals surface area contributed by atoms with E-state index in [1.54, 1.807) is 24.3 Å². The Balaban J connectivity index is 0.00000288. The van der Waals surface area contributed by atoms with E-state index >= 15 is 0 Å². The van der Waals surface area contributed by atoms with E-state index < -0.39 is 16.8 Å². The maximum absolute atomic E-state index is 13.1. The van der Waals surface area contributed by atoms with Gasteiger partial charge in [0.1, 0.15) is 5.75 Å². The topological polar surface area (TPSA) is 64.1 Å². The zero-order chi connectivity index (χ0) is 16.9. The van der Waals surface area contributed by atoms with Crippen LogP contribution in [0.25, 0.3) is 0 Å². The van der Waals surface area contributed by atoms with Crippen molar-refractivity contribution in [1.29, 1.82) is 0 Å². The van der Waals surface area contributed by atoms with Crippen LogP contribution in [0.15, 0.2) is 24.3 Å². The third-order valence-corrected chi connectivity index (χ3v) is 3.72. The van der Waals surface area contributed by atoms with Crippen LogP contribution in [0, 0.1) is 44.5 Å². The molecule has 1 amide bonds. The first-order valence-corrected chi connectivity index (χ1v) is 7.58. The summed E-state index contributed by atoms with van der Waals surface area (Å²) in [5.74, 6) is -2.91. The van der Waals surface area contributed by atoms with Crippen LogP contribution in [0.5, 0.6) is 5.75 Å². The molecule has 0 atom stereocenters. The number of hydrogen-bond donors (Lipinski definition) is 1. The summed E-state index contributed by atoms with van der Waals surface area (Å²) in [6, 6.07) is 6.45. The molecule has 0 aliphatic rings. The quantitative estimate of drug-likeness (QED) is 0.403. The van der Waals surface area contributed by atoms with Gasteiger partial charge in [-0.05, 0) is 30.9 Å². The molecule has 0 saturated carbocycles. The number of hydrogen-bond acceptors (Lipinski definition) is 5. The summed E-state index contributed by atoms with van der Waals surface area (Å²) in [5.41, 5.74) is 0.360. The summed E-state index contributed by atoms with van der Waals surface area (Å²) < 4.78 is 31.6. The molecule has 5 nitrogen and oxygen atoms in total. The fraction of sp³-hybridized carbons (Fsp3) is 0.267. The van der Waals surface area contributed by atoms with Gasteiger partial charge in [-0.2, -0.15) is 8.78 Å². The van der Waals surface area contributed by atoms with E-state index in [-0.39, 0.29) is 36.2 Å². The number of halogens is 2. The summed E-state index contributed by atoms with van der Waals surface area (Å²) >= 11 is 0.641. The SMILES string of the molecule is [CH2-]C[CH-]COc1ccc(C(=O)Nc2nnc(C(C)(F)F)s2)cc1.[U+2]. The van der Waals surface area contributed by atoms with Crippen molar-refractivity contribution in [3.8, 4) is 5.75 Å². The molecular formula is C15H15F2N3O2SU. The Labute approximate surface area is 166 Å². The van der Waals surface area contributed by atoms with Crippen LogP contribution in [0.2, 0.25) is 0 Å². The van der Waals surface area contributed by atoms with Gasteiger partial charge in [0.2, 0.25) is 5.13 Å². The molecule has 0 aliphatic carbocycles. The molecule has 0 radical (unpaired) electrons. The van der Waals surface area contributed by atoms with Crippen LogP contribution in [0.1, 0.15) is 28.7 Å². The van der Waals surface area contributed by atoms with Gasteiger partial charge in [-0.1, -0.05) is 11.3 Å². The molecule has 0 spiro atoms. The van der Waals surface area contributed by atoms with Crippen molar-refractivity contribution in [3.63, 3.8) is 0 Å². The second-order valence-corrected chi connectivity index (χ2v) is 5.65.